The minimum absolute atomic E-state index is 0.00333. The molecule has 0 amide bonds. The van der Waals surface area contributed by atoms with Crippen LogP contribution in [0.1, 0.15) is 52.4 Å². The third-order valence-electron chi connectivity index (χ3n) is 7.91. The molecule has 0 aromatic carbocycles. The Morgan fingerprint density at radius 1 is 1.21 bits per heavy atom. The van der Waals surface area contributed by atoms with Crippen molar-refractivity contribution in [2.45, 2.75) is 70.1 Å². The number of halogens is 5. The summed E-state index contributed by atoms with van der Waals surface area (Å²) in [4.78, 5) is 11.8. The van der Waals surface area contributed by atoms with Crippen LogP contribution in [0.2, 0.25) is 0 Å². The van der Waals surface area contributed by atoms with Crippen molar-refractivity contribution < 1.29 is 31.9 Å². The fourth-order valence-electron chi connectivity index (χ4n) is 6.60. The molecule has 4 aliphatic carbocycles. The standard InChI is InChI=1S/C22H25F5O2/c1-3-19-8-6-16-15-5-4-14(28)11-13(15)10-12(2)18(16)17(19)7-9-20(19,29)21(23,24)22(25,26)27/h6,8,11-12,17-18,29H,3-5,7,9-10H2,1-2H3/t12-,17?,18?,19?,20+/m0/s1. The fraction of sp³-hybridized carbons (Fsp3) is 0.682. The van der Waals surface area contributed by atoms with Crippen LogP contribution in [0.25, 0.3) is 0 Å². The largest absolute Gasteiger partial charge is 0.456 e. The zero-order valence-corrected chi connectivity index (χ0v) is 16.5. The summed E-state index contributed by atoms with van der Waals surface area (Å²) in [6, 6.07) is 0. The van der Waals surface area contributed by atoms with Gasteiger partial charge in [0, 0.05) is 11.8 Å². The van der Waals surface area contributed by atoms with Crippen LogP contribution in [-0.2, 0) is 4.79 Å². The zero-order valence-electron chi connectivity index (χ0n) is 16.5. The van der Waals surface area contributed by atoms with E-state index < -0.39 is 35.5 Å². The molecule has 0 aromatic heterocycles. The topological polar surface area (TPSA) is 37.3 Å². The first-order valence-electron chi connectivity index (χ1n) is 10.2. The Morgan fingerprint density at radius 2 is 1.90 bits per heavy atom. The van der Waals surface area contributed by atoms with Gasteiger partial charge in [-0.25, -0.2) is 0 Å². The summed E-state index contributed by atoms with van der Waals surface area (Å²) in [5.74, 6) is -5.82. The van der Waals surface area contributed by atoms with Crippen LogP contribution in [0.5, 0.6) is 0 Å². The van der Waals surface area contributed by atoms with E-state index in [0.29, 0.717) is 19.3 Å². The van der Waals surface area contributed by atoms with E-state index in [0.717, 1.165) is 16.7 Å². The predicted molar refractivity (Wildman–Crippen MR) is 97.2 cm³/mol. The van der Waals surface area contributed by atoms with Crippen molar-refractivity contribution >= 4 is 5.78 Å². The second-order valence-corrected chi connectivity index (χ2v) is 9.08. The highest BCUT2D eigenvalue weighted by Crippen LogP contribution is 2.68. The maximum atomic E-state index is 14.6. The summed E-state index contributed by atoms with van der Waals surface area (Å²) in [6.07, 6.45) is 0.0208. The second-order valence-electron chi connectivity index (χ2n) is 9.08. The number of hydrogen-bond acceptors (Lipinski definition) is 2. The molecule has 0 spiro atoms. The summed E-state index contributed by atoms with van der Waals surface area (Å²) in [5, 5.41) is 11.0. The Morgan fingerprint density at radius 3 is 2.52 bits per heavy atom. The highest BCUT2D eigenvalue weighted by molar-refractivity contribution is 5.93. The molecule has 0 saturated heterocycles. The minimum Gasteiger partial charge on any atom is -0.382 e. The van der Waals surface area contributed by atoms with Gasteiger partial charge in [-0.1, -0.05) is 26.0 Å². The van der Waals surface area contributed by atoms with Gasteiger partial charge in [0.2, 0.25) is 0 Å². The summed E-state index contributed by atoms with van der Waals surface area (Å²) < 4.78 is 69.0. The minimum atomic E-state index is -5.82. The number of ketones is 1. The Labute approximate surface area is 166 Å². The molecule has 29 heavy (non-hydrogen) atoms. The quantitative estimate of drug-likeness (QED) is 0.601. The van der Waals surface area contributed by atoms with Gasteiger partial charge in [-0.3, -0.25) is 4.79 Å². The van der Waals surface area contributed by atoms with Gasteiger partial charge < -0.3 is 5.11 Å². The Bertz CT molecular complexity index is 837. The molecule has 1 N–H and O–H groups in total. The van der Waals surface area contributed by atoms with E-state index in [1.54, 1.807) is 19.1 Å². The number of rotatable bonds is 2. The molecule has 0 heterocycles. The molecule has 0 aliphatic heterocycles. The SMILES string of the molecule is CCC12C=CC3=C4CCC(=O)C=C4C[C@H](C)C3C1CC[C@]2(O)C(F)(F)C(F)(F)F. The number of carbonyl (C=O) groups is 1. The number of alkyl halides is 5. The van der Waals surface area contributed by atoms with Crippen LogP contribution in [0.15, 0.2) is 34.9 Å². The van der Waals surface area contributed by atoms with Gasteiger partial charge in [0.25, 0.3) is 0 Å². The number of allylic oxidation sites excluding steroid dienone is 5. The Hall–Kier alpha value is -1.50. The zero-order chi connectivity index (χ0) is 21.4. The number of aliphatic hydroxyl groups is 1. The van der Waals surface area contributed by atoms with E-state index in [-0.39, 0.29) is 30.5 Å². The van der Waals surface area contributed by atoms with Crippen LogP contribution in [0.4, 0.5) is 22.0 Å². The van der Waals surface area contributed by atoms with Crippen molar-refractivity contribution in [3.8, 4) is 0 Å². The van der Waals surface area contributed by atoms with Crippen LogP contribution in [0.3, 0.4) is 0 Å². The highest BCUT2D eigenvalue weighted by atomic mass is 19.4. The molecule has 2 nitrogen and oxygen atoms in total. The van der Waals surface area contributed by atoms with Crippen molar-refractivity contribution in [1.82, 2.24) is 0 Å². The lowest BCUT2D eigenvalue weighted by Gasteiger charge is -2.53. The first-order chi connectivity index (χ1) is 13.4. The first kappa shape index (κ1) is 20.8. The van der Waals surface area contributed by atoms with E-state index in [4.69, 9.17) is 0 Å². The number of carbonyl (C=O) groups excluding carboxylic acids is 1. The molecule has 1 fully saturated rings. The normalized spacial score (nSPS) is 39.8. The van der Waals surface area contributed by atoms with Crippen molar-refractivity contribution in [3.63, 3.8) is 0 Å². The molecule has 4 aliphatic rings. The van der Waals surface area contributed by atoms with Crippen molar-refractivity contribution in [2.75, 3.05) is 0 Å². The molecule has 0 radical (unpaired) electrons. The summed E-state index contributed by atoms with van der Waals surface area (Å²) >= 11 is 0. The van der Waals surface area contributed by atoms with E-state index >= 15 is 0 Å². The van der Waals surface area contributed by atoms with Crippen molar-refractivity contribution in [3.05, 3.63) is 34.9 Å². The molecule has 3 unspecified atom stereocenters. The van der Waals surface area contributed by atoms with Gasteiger partial charge in [0.05, 0.1) is 0 Å². The average molecular weight is 416 g/mol. The van der Waals surface area contributed by atoms with Gasteiger partial charge in [-0.2, -0.15) is 22.0 Å². The van der Waals surface area contributed by atoms with E-state index in [1.807, 2.05) is 6.92 Å². The average Bonchev–Trinajstić information content (AvgIpc) is 2.95. The van der Waals surface area contributed by atoms with E-state index in [1.165, 1.54) is 6.08 Å². The maximum absolute atomic E-state index is 14.6. The molecular formula is C22H25F5O2. The van der Waals surface area contributed by atoms with Gasteiger partial charge >= 0.3 is 12.1 Å². The van der Waals surface area contributed by atoms with Gasteiger partial charge in [0.1, 0.15) is 5.60 Å². The molecule has 0 bridgehead atoms. The monoisotopic (exact) mass is 416 g/mol. The highest BCUT2D eigenvalue weighted by Gasteiger charge is 2.78. The molecule has 0 aromatic rings. The van der Waals surface area contributed by atoms with Crippen molar-refractivity contribution in [1.29, 1.82) is 0 Å². The van der Waals surface area contributed by atoms with Crippen LogP contribution >= 0.6 is 0 Å². The smallest absolute Gasteiger partial charge is 0.382 e. The lowest BCUT2D eigenvalue weighted by Crippen LogP contribution is -2.64. The Balaban J connectivity index is 1.88. The number of hydrogen-bond donors (Lipinski definition) is 1. The number of fused-ring (bicyclic) bond motifs is 4. The second kappa shape index (κ2) is 6.25. The van der Waals surface area contributed by atoms with E-state index in [9.17, 15) is 31.9 Å². The van der Waals surface area contributed by atoms with Gasteiger partial charge in [0.15, 0.2) is 5.78 Å². The van der Waals surface area contributed by atoms with E-state index in [2.05, 4.69) is 0 Å². The molecule has 7 heteroatoms. The molecular weight excluding hydrogens is 391 g/mol. The van der Waals surface area contributed by atoms with Crippen LogP contribution in [0, 0.1) is 23.2 Å². The first-order valence-corrected chi connectivity index (χ1v) is 10.2. The summed E-state index contributed by atoms with van der Waals surface area (Å²) in [7, 11) is 0. The van der Waals surface area contributed by atoms with Gasteiger partial charge in [-0.05, 0) is 72.7 Å². The third kappa shape index (κ3) is 2.52. The third-order valence-corrected chi connectivity index (χ3v) is 7.91. The lowest BCUT2D eigenvalue weighted by molar-refractivity contribution is -0.358. The molecule has 4 rings (SSSR count). The molecule has 5 atom stereocenters. The van der Waals surface area contributed by atoms with Crippen molar-refractivity contribution in [2.24, 2.45) is 23.2 Å². The van der Waals surface area contributed by atoms with Crippen LogP contribution in [-0.4, -0.2) is 28.6 Å². The molecule has 160 valence electrons. The molecule has 1 saturated carbocycles. The van der Waals surface area contributed by atoms with Crippen LogP contribution < -0.4 is 0 Å². The van der Waals surface area contributed by atoms with Gasteiger partial charge in [-0.15, -0.1) is 0 Å². The summed E-state index contributed by atoms with van der Waals surface area (Å²) in [6.45, 7) is 3.54. The summed E-state index contributed by atoms with van der Waals surface area (Å²) in [5.41, 5.74) is -1.85. The fourth-order valence-corrected chi connectivity index (χ4v) is 6.60. The maximum Gasteiger partial charge on any atom is 0.456 e. The lowest BCUT2D eigenvalue weighted by atomic mass is 9.53. The Kier molecular flexibility index (Phi) is 4.48. The predicted octanol–water partition coefficient (Wildman–Crippen LogP) is 5.53.